The molecule has 0 saturated heterocycles. The molecule has 3 nitrogen and oxygen atoms in total. The Kier molecular flexibility index (Phi) is 2.29. The van der Waals surface area contributed by atoms with Gasteiger partial charge >= 0.3 is 0 Å². The van der Waals surface area contributed by atoms with Crippen molar-refractivity contribution in [1.29, 1.82) is 0 Å². The molecule has 0 aliphatic rings. The summed E-state index contributed by atoms with van der Waals surface area (Å²) in [5.74, 6) is 0.251. The molecule has 27 heavy (non-hydrogen) atoms. The third-order valence-electron chi connectivity index (χ3n) is 4.03. The molecule has 0 aliphatic heterocycles. The van der Waals surface area contributed by atoms with Crippen molar-refractivity contribution < 1.29 is 11.0 Å². The number of fused-ring (bicyclic) bond motifs is 3. The van der Waals surface area contributed by atoms with E-state index in [0.29, 0.717) is 5.56 Å². The third-order valence-corrected chi connectivity index (χ3v) is 4.20. The molecule has 5 rings (SSSR count). The predicted octanol–water partition coefficient (Wildman–Crippen LogP) is 6.17. The van der Waals surface area contributed by atoms with Crippen LogP contribution in [0.2, 0.25) is 5.28 Å². The van der Waals surface area contributed by atoms with Gasteiger partial charge in [0, 0.05) is 11.1 Å². The molecular formula is C23H14ClN3. The summed E-state index contributed by atoms with van der Waals surface area (Å²) in [6, 6.07) is 6.99. The summed E-state index contributed by atoms with van der Waals surface area (Å²) in [6.07, 6.45) is 0. The Morgan fingerprint density at radius 1 is 0.667 bits per heavy atom. The largest absolute Gasteiger partial charge is 0.226 e. The van der Waals surface area contributed by atoms with Crippen LogP contribution in [0.4, 0.5) is 0 Å². The van der Waals surface area contributed by atoms with Crippen LogP contribution < -0.4 is 0 Å². The monoisotopic (exact) mass is 375 g/mol. The first-order chi connectivity index (χ1) is 16.6. The van der Waals surface area contributed by atoms with Gasteiger partial charge in [-0.05, 0) is 39.2 Å². The van der Waals surface area contributed by atoms with Crippen LogP contribution in [0.15, 0.2) is 84.7 Å². The highest BCUT2D eigenvalue weighted by Gasteiger charge is 2.10. The Bertz CT molecular complexity index is 1690. The average Bonchev–Trinajstić information content (AvgIpc) is 2.85. The minimum Gasteiger partial charge on any atom is -0.208 e. The molecule has 0 N–H and O–H groups in total. The number of aromatic nitrogens is 3. The number of rotatable bonds is 2. The first-order valence-electron chi connectivity index (χ1n) is 12.0. The molecule has 0 spiro atoms. The summed E-state index contributed by atoms with van der Waals surface area (Å²) in [5.41, 5.74) is 0.734. The zero-order valence-corrected chi connectivity index (χ0v) is 14.4. The van der Waals surface area contributed by atoms with E-state index < -0.39 is 36.3 Å². The van der Waals surface area contributed by atoms with Crippen LogP contribution in [0.3, 0.4) is 0 Å². The topological polar surface area (TPSA) is 38.7 Å². The lowest BCUT2D eigenvalue weighted by Gasteiger charge is -2.08. The Labute approximate surface area is 172 Å². The van der Waals surface area contributed by atoms with Crippen molar-refractivity contribution in [3.05, 3.63) is 90.0 Å². The van der Waals surface area contributed by atoms with Crippen molar-refractivity contribution in [1.82, 2.24) is 15.0 Å². The summed E-state index contributed by atoms with van der Waals surface area (Å²) in [6.45, 7) is 0. The fourth-order valence-electron chi connectivity index (χ4n) is 2.79. The molecule has 4 aromatic carbocycles. The number of benzene rings is 4. The second-order valence-electron chi connectivity index (χ2n) is 5.71. The van der Waals surface area contributed by atoms with Gasteiger partial charge in [-0.3, -0.25) is 0 Å². The van der Waals surface area contributed by atoms with E-state index in [9.17, 15) is 0 Å². The van der Waals surface area contributed by atoms with Gasteiger partial charge < -0.3 is 0 Å². The molecular weight excluding hydrogens is 354 g/mol. The normalized spacial score (nSPS) is 15.3. The predicted molar refractivity (Wildman–Crippen MR) is 111 cm³/mol. The van der Waals surface area contributed by atoms with E-state index in [4.69, 9.17) is 22.6 Å². The van der Waals surface area contributed by atoms with Crippen LogP contribution in [0, 0.1) is 0 Å². The quantitative estimate of drug-likeness (QED) is 0.346. The standard InChI is InChI=1S/C23H14ClN3/c24-23-26-21(17-7-2-1-3-8-17)25-22(27-23)18-13-12-16-11-10-15-6-4-5-9-19(15)20(16)14-18/h1-14H/i4D,5D,6D,9D,10D,11D,12D,13D. The van der Waals surface area contributed by atoms with Crippen LogP contribution in [0.5, 0.6) is 0 Å². The van der Waals surface area contributed by atoms with E-state index in [1.54, 1.807) is 24.3 Å². The van der Waals surface area contributed by atoms with Gasteiger partial charge in [-0.15, -0.1) is 0 Å². The molecule has 0 unspecified atom stereocenters. The number of halogens is 1. The minimum atomic E-state index is -0.519. The first-order valence-corrected chi connectivity index (χ1v) is 8.40. The Balaban J connectivity index is 1.93. The van der Waals surface area contributed by atoms with Gasteiger partial charge in [0.05, 0.1) is 11.0 Å². The van der Waals surface area contributed by atoms with Gasteiger partial charge in [0.2, 0.25) is 5.28 Å². The lowest BCUT2D eigenvalue weighted by Crippen LogP contribution is -1.97. The Hall–Kier alpha value is -3.30. The van der Waals surface area contributed by atoms with Crippen LogP contribution in [0.25, 0.3) is 44.3 Å². The zero-order valence-electron chi connectivity index (χ0n) is 21.7. The number of nitrogens with zero attached hydrogens (tertiary/aromatic N) is 3. The Morgan fingerprint density at radius 3 is 2.15 bits per heavy atom. The summed E-state index contributed by atoms with van der Waals surface area (Å²) in [7, 11) is 0. The summed E-state index contributed by atoms with van der Waals surface area (Å²) < 4.78 is 66.8. The first kappa shape index (κ1) is 9.58. The van der Waals surface area contributed by atoms with E-state index >= 15 is 0 Å². The molecule has 0 radical (unpaired) electrons. The van der Waals surface area contributed by atoms with Crippen LogP contribution >= 0.6 is 11.6 Å². The van der Waals surface area contributed by atoms with Crippen molar-refractivity contribution in [2.24, 2.45) is 0 Å². The van der Waals surface area contributed by atoms with Crippen molar-refractivity contribution in [3.8, 4) is 22.8 Å². The van der Waals surface area contributed by atoms with E-state index in [0.717, 1.165) is 0 Å². The van der Waals surface area contributed by atoms with E-state index in [1.807, 2.05) is 6.07 Å². The molecule has 0 atom stereocenters. The molecule has 1 aromatic heterocycles. The smallest absolute Gasteiger partial charge is 0.208 e. The number of hydrogen-bond donors (Lipinski definition) is 0. The highest BCUT2D eigenvalue weighted by atomic mass is 35.5. The second-order valence-corrected chi connectivity index (χ2v) is 6.05. The van der Waals surface area contributed by atoms with Gasteiger partial charge in [0.15, 0.2) is 11.6 Å². The molecule has 0 aliphatic carbocycles. The van der Waals surface area contributed by atoms with Crippen molar-refractivity contribution in [2.45, 2.75) is 0 Å². The molecule has 0 fully saturated rings. The fourth-order valence-corrected chi connectivity index (χ4v) is 2.95. The van der Waals surface area contributed by atoms with Gasteiger partial charge in [0.1, 0.15) is 0 Å². The van der Waals surface area contributed by atoms with Crippen LogP contribution in [-0.4, -0.2) is 15.0 Å². The van der Waals surface area contributed by atoms with E-state index in [1.165, 1.54) is 6.07 Å². The van der Waals surface area contributed by atoms with Gasteiger partial charge in [-0.25, -0.2) is 4.98 Å². The maximum absolute atomic E-state index is 8.60. The molecule has 1 heterocycles. The SMILES string of the molecule is [2H]c1c(-c2nc(Cl)nc(-c3ccccc3)n2)cc2c(c1[2H])c([2H])c([2H])c1c([2H])c([2H])c([2H])c([2H])c12. The maximum Gasteiger partial charge on any atom is 0.226 e. The van der Waals surface area contributed by atoms with Crippen molar-refractivity contribution in [2.75, 3.05) is 0 Å². The van der Waals surface area contributed by atoms with E-state index in [-0.39, 0.29) is 56.1 Å². The van der Waals surface area contributed by atoms with Crippen LogP contribution in [-0.2, 0) is 0 Å². The third kappa shape index (κ3) is 2.92. The highest BCUT2D eigenvalue weighted by molar-refractivity contribution is 6.28. The van der Waals surface area contributed by atoms with E-state index in [2.05, 4.69) is 15.0 Å². The van der Waals surface area contributed by atoms with Gasteiger partial charge in [-0.2, -0.15) is 9.97 Å². The van der Waals surface area contributed by atoms with Crippen LogP contribution in [0.1, 0.15) is 11.0 Å². The zero-order chi connectivity index (χ0) is 25.2. The second kappa shape index (κ2) is 6.45. The summed E-state index contributed by atoms with van der Waals surface area (Å²) in [5, 5.41) is -0.207. The molecule has 128 valence electrons. The Morgan fingerprint density at radius 2 is 1.33 bits per heavy atom. The van der Waals surface area contributed by atoms with Crippen molar-refractivity contribution >= 4 is 33.1 Å². The average molecular weight is 376 g/mol. The molecule has 4 heteroatoms. The highest BCUT2D eigenvalue weighted by Crippen LogP contribution is 2.29. The maximum atomic E-state index is 8.60. The molecule has 0 bridgehead atoms. The lowest BCUT2D eigenvalue weighted by atomic mass is 10.00. The van der Waals surface area contributed by atoms with Crippen molar-refractivity contribution in [3.63, 3.8) is 0 Å². The molecule has 0 saturated carbocycles. The number of hydrogen-bond acceptors (Lipinski definition) is 3. The molecule has 0 amide bonds. The summed E-state index contributed by atoms with van der Waals surface area (Å²) in [4.78, 5) is 12.7. The lowest BCUT2D eigenvalue weighted by molar-refractivity contribution is 1.07. The minimum absolute atomic E-state index is 0.000259. The molecule has 5 aromatic rings. The van der Waals surface area contributed by atoms with Gasteiger partial charge in [-0.1, -0.05) is 78.7 Å². The fraction of sp³-hybridized carbons (Fsp3) is 0. The summed E-state index contributed by atoms with van der Waals surface area (Å²) >= 11 is 6.16. The van der Waals surface area contributed by atoms with Gasteiger partial charge in [0.25, 0.3) is 0 Å².